The molecular formula is C13H17FN2O3S. The fourth-order valence-electron chi connectivity index (χ4n) is 2.35. The molecule has 0 atom stereocenters. The highest BCUT2D eigenvalue weighted by Gasteiger charge is 2.28. The van der Waals surface area contributed by atoms with E-state index >= 15 is 0 Å². The monoisotopic (exact) mass is 300 g/mol. The number of nitrogens with two attached hydrogens (primary N) is 1. The fourth-order valence-corrected chi connectivity index (χ4v) is 2.97. The lowest BCUT2D eigenvalue weighted by molar-refractivity contribution is 0.0891. The number of hydrogen-bond acceptors (Lipinski definition) is 3. The number of benzene rings is 1. The summed E-state index contributed by atoms with van der Waals surface area (Å²) in [5, 5.41) is 7.71. The van der Waals surface area contributed by atoms with Crippen LogP contribution in [0, 0.1) is 18.7 Å². The molecule has 0 bridgehead atoms. The number of sulfonamides is 1. The lowest BCUT2D eigenvalue weighted by atomic mass is 9.82. The van der Waals surface area contributed by atoms with Gasteiger partial charge in [-0.2, -0.15) is 0 Å². The summed E-state index contributed by atoms with van der Waals surface area (Å²) in [6.07, 6.45) is 1.70. The van der Waals surface area contributed by atoms with Crippen LogP contribution < -0.4 is 10.5 Å². The molecule has 0 unspecified atom stereocenters. The van der Waals surface area contributed by atoms with Crippen LogP contribution in [0.1, 0.15) is 35.7 Å². The second-order valence-electron chi connectivity index (χ2n) is 5.39. The van der Waals surface area contributed by atoms with Crippen molar-refractivity contribution < 1.29 is 17.6 Å². The Bertz CT molecular complexity index is 652. The number of rotatable bonds is 3. The van der Waals surface area contributed by atoms with Gasteiger partial charge in [0.05, 0.1) is 10.5 Å². The van der Waals surface area contributed by atoms with Gasteiger partial charge in [0.15, 0.2) is 0 Å². The molecule has 1 amide bonds. The van der Waals surface area contributed by atoms with Gasteiger partial charge >= 0.3 is 0 Å². The molecule has 5 nitrogen and oxygen atoms in total. The lowest BCUT2D eigenvalue weighted by Crippen LogP contribution is -2.43. The molecule has 0 heterocycles. The van der Waals surface area contributed by atoms with E-state index in [2.05, 4.69) is 12.2 Å². The van der Waals surface area contributed by atoms with Gasteiger partial charge in [0.25, 0.3) is 5.91 Å². The summed E-state index contributed by atoms with van der Waals surface area (Å²) >= 11 is 0. The Kier molecular flexibility index (Phi) is 3.84. The SMILES string of the molecule is Cc1cc(S(N)(=O)=O)cc(C(=O)NC2CC(C)C2)c1F. The van der Waals surface area contributed by atoms with Crippen molar-refractivity contribution in [2.75, 3.05) is 0 Å². The Morgan fingerprint density at radius 1 is 1.40 bits per heavy atom. The second kappa shape index (κ2) is 5.14. The highest BCUT2D eigenvalue weighted by molar-refractivity contribution is 7.89. The number of aryl methyl sites for hydroxylation is 1. The van der Waals surface area contributed by atoms with Crippen LogP contribution in [-0.2, 0) is 10.0 Å². The van der Waals surface area contributed by atoms with Crippen molar-refractivity contribution in [3.8, 4) is 0 Å². The van der Waals surface area contributed by atoms with Crippen LogP contribution in [0.4, 0.5) is 4.39 Å². The van der Waals surface area contributed by atoms with E-state index in [9.17, 15) is 17.6 Å². The van der Waals surface area contributed by atoms with Gasteiger partial charge in [-0.3, -0.25) is 4.79 Å². The van der Waals surface area contributed by atoms with Crippen LogP contribution in [-0.4, -0.2) is 20.4 Å². The summed E-state index contributed by atoms with van der Waals surface area (Å²) < 4.78 is 36.6. The number of primary sulfonamides is 1. The van der Waals surface area contributed by atoms with Crippen LogP contribution in [0.2, 0.25) is 0 Å². The van der Waals surface area contributed by atoms with Gasteiger partial charge in [-0.25, -0.2) is 17.9 Å². The fraction of sp³-hybridized carbons (Fsp3) is 0.462. The normalized spacial score (nSPS) is 22.2. The van der Waals surface area contributed by atoms with Crippen molar-refractivity contribution in [3.05, 3.63) is 29.1 Å². The van der Waals surface area contributed by atoms with E-state index in [0.717, 1.165) is 25.0 Å². The standard InChI is InChI=1S/C13H17FN2O3S/c1-7-3-9(4-7)16-13(17)11-6-10(20(15,18)19)5-8(2)12(11)14/h5-7,9H,3-4H2,1-2H3,(H,16,17)(H2,15,18,19). The molecular weight excluding hydrogens is 283 g/mol. The summed E-state index contributed by atoms with van der Waals surface area (Å²) in [6, 6.07) is 2.12. The zero-order chi connectivity index (χ0) is 15.1. The first kappa shape index (κ1) is 14.9. The first-order valence-corrected chi connectivity index (χ1v) is 7.87. The zero-order valence-electron chi connectivity index (χ0n) is 11.3. The average molecular weight is 300 g/mol. The molecule has 0 spiro atoms. The molecule has 1 saturated carbocycles. The molecule has 0 aromatic heterocycles. The van der Waals surface area contributed by atoms with Gasteiger partial charge in [-0.05, 0) is 43.4 Å². The van der Waals surface area contributed by atoms with Crippen LogP contribution in [0.3, 0.4) is 0 Å². The highest BCUT2D eigenvalue weighted by Crippen LogP contribution is 2.27. The summed E-state index contributed by atoms with van der Waals surface area (Å²) in [7, 11) is -3.97. The molecule has 1 aliphatic rings. The number of halogens is 1. The molecule has 7 heteroatoms. The maximum atomic E-state index is 14.0. The largest absolute Gasteiger partial charge is 0.349 e. The van der Waals surface area contributed by atoms with Crippen LogP contribution >= 0.6 is 0 Å². The maximum Gasteiger partial charge on any atom is 0.254 e. The second-order valence-corrected chi connectivity index (χ2v) is 6.96. The Labute approximate surface area is 117 Å². The molecule has 1 aromatic rings. The van der Waals surface area contributed by atoms with Crippen LogP contribution in [0.5, 0.6) is 0 Å². The predicted molar refractivity (Wildman–Crippen MR) is 72.2 cm³/mol. The molecule has 0 saturated heterocycles. The van der Waals surface area contributed by atoms with Crippen molar-refractivity contribution in [1.29, 1.82) is 0 Å². The minimum absolute atomic E-state index is 0.0235. The van der Waals surface area contributed by atoms with E-state index < -0.39 is 21.7 Å². The Morgan fingerprint density at radius 2 is 2.00 bits per heavy atom. The van der Waals surface area contributed by atoms with E-state index in [-0.39, 0.29) is 22.1 Å². The number of carbonyl (C=O) groups excluding carboxylic acids is 1. The van der Waals surface area contributed by atoms with E-state index in [1.54, 1.807) is 0 Å². The molecule has 0 radical (unpaired) electrons. The van der Waals surface area contributed by atoms with Crippen molar-refractivity contribution in [1.82, 2.24) is 5.32 Å². The molecule has 3 N–H and O–H groups in total. The molecule has 1 aromatic carbocycles. The number of amides is 1. The van der Waals surface area contributed by atoms with Crippen molar-refractivity contribution in [3.63, 3.8) is 0 Å². The summed E-state index contributed by atoms with van der Waals surface area (Å²) in [6.45, 7) is 3.46. The number of carbonyl (C=O) groups is 1. The number of hydrogen-bond donors (Lipinski definition) is 2. The van der Waals surface area contributed by atoms with Crippen molar-refractivity contribution in [2.24, 2.45) is 11.1 Å². The van der Waals surface area contributed by atoms with E-state index in [1.165, 1.54) is 6.92 Å². The van der Waals surface area contributed by atoms with Gasteiger partial charge in [-0.15, -0.1) is 0 Å². The third kappa shape index (κ3) is 2.99. The topological polar surface area (TPSA) is 89.3 Å². The van der Waals surface area contributed by atoms with Crippen molar-refractivity contribution >= 4 is 15.9 Å². The molecule has 20 heavy (non-hydrogen) atoms. The van der Waals surface area contributed by atoms with Gasteiger partial charge in [0.1, 0.15) is 5.82 Å². The third-order valence-electron chi connectivity index (χ3n) is 3.51. The van der Waals surface area contributed by atoms with Crippen LogP contribution in [0.25, 0.3) is 0 Å². The highest BCUT2D eigenvalue weighted by atomic mass is 32.2. The van der Waals surface area contributed by atoms with E-state index in [0.29, 0.717) is 5.92 Å². The van der Waals surface area contributed by atoms with Gasteiger partial charge in [-0.1, -0.05) is 6.92 Å². The molecule has 110 valence electrons. The predicted octanol–water partition coefficient (Wildman–Crippen LogP) is 1.31. The number of nitrogens with one attached hydrogen (secondary N) is 1. The zero-order valence-corrected chi connectivity index (χ0v) is 12.1. The minimum Gasteiger partial charge on any atom is -0.349 e. The maximum absolute atomic E-state index is 14.0. The Morgan fingerprint density at radius 3 is 2.50 bits per heavy atom. The first-order chi connectivity index (χ1) is 9.18. The van der Waals surface area contributed by atoms with Crippen molar-refractivity contribution in [2.45, 2.75) is 37.6 Å². The van der Waals surface area contributed by atoms with Gasteiger partial charge in [0, 0.05) is 6.04 Å². The Hall–Kier alpha value is -1.47. The smallest absolute Gasteiger partial charge is 0.254 e. The molecule has 2 rings (SSSR count). The molecule has 1 fully saturated rings. The van der Waals surface area contributed by atoms with Gasteiger partial charge < -0.3 is 5.32 Å². The lowest BCUT2D eigenvalue weighted by Gasteiger charge is -2.33. The van der Waals surface area contributed by atoms with E-state index in [1.807, 2.05) is 0 Å². The molecule has 0 aliphatic heterocycles. The summed E-state index contributed by atoms with van der Waals surface area (Å²) in [5.74, 6) is -0.780. The van der Waals surface area contributed by atoms with Gasteiger partial charge in [0.2, 0.25) is 10.0 Å². The third-order valence-corrected chi connectivity index (χ3v) is 4.40. The summed E-state index contributed by atoms with van der Waals surface area (Å²) in [4.78, 5) is 11.8. The van der Waals surface area contributed by atoms with Crippen LogP contribution in [0.15, 0.2) is 17.0 Å². The Balaban J connectivity index is 2.30. The first-order valence-electron chi connectivity index (χ1n) is 6.32. The average Bonchev–Trinajstić information content (AvgIpc) is 2.28. The van der Waals surface area contributed by atoms with E-state index in [4.69, 9.17) is 5.14 Å². The molecule has 1 aliphatic carbocycles. The minimum atomic E-state index is -3.97. The quantitative estimate of drug-likeness (QED) is 0.882. The summed E-state index contributed by atoms with van der Waals surface area (Å²) in [5.41, 5.74) is -0.211.